The van der Waals surface area contributed by atoms with E-state index in [1.165, 1.54) is 0 Å². The van der Waals surface area contributed by atoms with Crippen LogP contribution in [0.3, 0.4) is 0 Å². The van der Waals surface area contributed by atoms with Gasteiger partial charge in [-0.1, -0.05) is 37.3 Å². The average molecular weight is 313 g/mol. The molecule has 23 heavy (non-hydrogen) atoms. The Balaban J connectivity index is 1.97. The van der Waals surface area contributed by atoms with Crippen molar-refractivity contribution < 1.29 is 14.3 Å². The van der Waals surface area contributed by atoms with Crippen molar-refractivity contribution in [2.24, 2.45) is 0 Å². The van der Waals surface area contributed by atoms with Gasteiger partial charge in [-0.25, -0.2) is 0 Å². The Bertz CT molecular complexity index is 655. The summed E-state index contributed by atoms with van der Waals surface area (Å²) in [5.41, 5.74) is 2.27. The molecule has 2 aromatic rings. The van der Waals surface area contributed by atoms with Crippen LogP contribution in [0.4, 0.5) is 0 Å². The van der Waals surface area contributed by atoms with E-state index in [0.29, 0.717) is 24.5 Å². The predicted molar refractivity (Wildman–Crippen MR) is 90.7 cm³/mol. The van der Waals surface area contributed by atoms with Crippen molar-refractivity contribution in [3.05, 3.63) is 59.7 Å². The highest BCUT2D eigenvalue weighted by atomic mass is 16.5. The lowest BCUT2D eigenvalue weighted by molar-refractivity contribution is -0.128. The highest BCUT2D eigenvalue weighted by molar-refractivity contribution is 5.81. The van der Waals surface area contributed by atoms with Crippen molar-refractivity contribution in [3.63, 3.8) is 0 Å². The van der Waals surface area contributed by atoms with E-state index >= 15 is 0 Å². The molecule has 0 fully saturated rings. The van der Waals surface area contributed by atoms with Gasteiger partial charge in [-0.05, 0) is 36.6 Å². The molecule has 0 aliphatic carbocycles. The number of hydrogen-bond acceptors (Lipinski definition) is 3. The first-order valence-corrected chi connectivity index (χ1v) is 7.77. The maximum Gasteiger partial charge on any atom is 0.261 e. The molecule has 0 aromatic heterocycles. The Kier molecular flexibility index (Phi) is 6.03. The van der Waals surface area contributed by atoms with E-state index in [-0.39, 0.29) is 5.91 Å². The largest absolute Gasteiger partial charge is 0.497 e. The first-order chi connectivity index (χ1) is 11.1. The first kappa shape index (κ1) is 16.9. The molecule has 0 aliphatic rings. The number of hydrogen-bond donors (Lipinski definition) is 1. The molecule has 0 bridgehead atoms. The molecule has 0 saturated heterocycles. The van der Waals surface area contributed by atoms with E-state index in [0.717, 1.165) is 11.1 Å². The van der Waals surface area contributed by atoms with Gasteiger partial charge >= 0.3 is 0 Å². The zero-order valence-electron chi connectivity index (χ0n) is 13.8. The number of methoxy groups -OCH3 is 1. The summed E-state index contributed by atoms with van der Waals surface area (Å²) >= 11 is 0. The second-order valence-corrected chi connectivity index (χ2v) is 5.34. The van der Waals surface area contributed by atoms with E-state index in [4.69, 9.17) is 9.47 Å². The van der Waals surface area contributed by atoms with Gasteiger partial charge in [-0.15, -0.1) is 0 Å². The molecule has 0 heterocycles. The third-order valence-electron chi connectivity index (χ3n) is 3.70. The summed E-state index contributed by atoms with van der Waals surface area (Å²) in [5, 5.41) is 2.94. The molecule has 4 heteroatoms. The molecule has 0 radical (unpaired) electrons. The van der Waals surface area contributed by atoms with Crippen LogP contribution in [0.5, 0.6) is 11.5 Å². The van der Waals surface area contributed by atoms with Crippen molar-refractivity contribution in [3.8, 4) is 11.5 Å². The van der Waals surface area contributed by atoms with Crippen LogP contribution in [0.25, 0.3) is 0 Å². The van der Waals surface area contributed by atoms with Gasteiger partial charge in [0, 0.05) is 12.6 Å². The fraction of sp³-hybridized carbons (Fsp3) is 0.316. The van der Waals surface area contributed by atoms with Crippen molar-refractivity contribution >= 4 is 5.91 Å². The summed E-state index contributed by atoms with van der Waals surface area (Å²) in [4.78, 5) is 12.4. The summed E-state index contributed by atoms with van der Waals surface area (Å²) in [6.45, 7) is 4.47. The summed E-state index contributed by atoms with van der Waals surface area (Å²) in [7, 11) is 1.60. The minimum absolute atomic E-state index is 0.112. The number of ether oxygens (including phenoxy) is 2. The van der Waals surface area contributed by atoms with Gasteiger partial charge in [0.15, 0.2) is 6.10 Å². The van der Waals surface area contributed by atoms with Crippen LogP contribution >= 0.6 is 0 Å². The van der Waals surface area contributed by atoms with Crippen molar-refractivity contribution in [1.29, 1.82) is 0 Å². The van der Waals surface area contributed by atoms with Crippen LogP contribution in [0, 0.1) is 6.92 Å². The molecule has 2 rings (SSSR count). The molecule has 0 unspecified atom stereocenters. The van der Waals surface area contributed by atoms with Gasteiger partial charge in [0.05, 0.1) is 7.11 Å². The van der Waals surface area contributed by atoms with Crippen LogP contribution in [-0.4, -0.2) is 19.1 Å². The highest BCUT2D eigenvalue weighted by Gasteiger charge is 2.18. The van der Waals surface area contributed by atoms with Crippen LogP contribution in [0.15, 0.2) is 48.5 Å². The lowest BCUT2D eigenvalue weighted by atomic mass is 10.1. The van der Waals surface area contributed by atoms with Crippen molar-refractivity contribution in [2.45, 2.75) is 32.9 Å². The number of aryl methyl sites for hydroxylation is 1. The van der Waals surface area contributed by atoms with Gasteiger partial charge in [0.25, 0.3) is 5.91 Å². The molecular weight excluding hydrogens is 290 g/mol. The van der Waals surface area contributed by atoms with E-state index in [2.05, 4.69) is 5.32 Å². The lowest BCUT2D eigenvalue weighted by Gasteiger charge is -2.18. The smallest absolute Gasteiger partial charge is 0.261 e. The zero-order chi connectivity index (χ0) is 16.7. The third-order valence-corrected chi connectivity index (χ3v) is 3.70. The standard InChI is InChI=1S/C19H23NO3/c1-4-18(23-17-11-7-10-16(12-17)22-3)19(21)20-13-15-9-6-5-8-14(15)2/h5-12,18H,4,13H2,1-3H3,(H,20,21)/t18-/m0/s1. The SMILES string of the molecule is CC[C@H](Oc1cccc(OC)c1)C(=O)NCc1ccccc1C. The van der Waals surface area contributed by atoms with E-state index in [1.54, 1.807) is 13.2 Å². The fourth-order valence-electron chi connectivity index (χ4n) is 2.27. The van der Waals surface area contributed by atoms with Gasteiger partial charge < -0.3 is 14.8 Å². The highest BCUT2D eigenvalue weighted by Crippen LogP contribution is 2.20. The predicted octanol–water partition coefficient (Wildman–Crippen LogP) is 3.48. The molecule has 0 spiro atoms. The average Bonchev–Trinajstić information content (AvgIpc) is 2.59. The molecule has 1 N–H and O–H groups in total. The summed E-state index contributed by atoms with van der Waals surface area (Å²) in [5.74, 6) is 1.22. The van der Waals surface area contributed by atoms with E-state index in [9.17, 15) is 4.79 Å². The Morgan fingerprint density at radius 3 is 2.57 bits per heavy atom. The number of benzene rings is 2. The third kappa shape index (κ3) is 4.74. The molecule has 2 aromatic carbocycles. The number of amides is 1. The van der Waals surface area contributed by atoms with Crippen LogP contribution < -0.4 is 14.8 Å². The Morgan fingerprint density at radius 1 is 1.13 bits per heavy atom. The quantitative estimate of drug-likeness (QED) is 0.851. The number of carbonyl (C=O) groups is 1. The van der Waals surface area contributed by atoms with Gasteiger partial charge in [0.1, 0.15) is 11.5 Å². The van der Waals surface area contributed by atoms with Crippen LogP contribution in [0.2, 0.25) is 0 Å². The number of rotatable bonds is 7. The second-order valence-electron chi connectivity index (χ2n) is 5.34. The normalized spacial score (nSPS) is 11.6. The van der Waals surface area contributed by atoms with Crippen molar-refractivity contribution in [1.82, 2.24) is 5.32 Å². The van der Waals surface area contributed by atoms with Crippen LogP contribution in [0.1, 0.15) is 24.5 Å². The summed E-state index contributed by atoms with van der Waals surface area (Å²) in [6.07, 6.45) is 0.0720. The topological polar surface area (TPSA) is 47.6 Å². The molecule has 4 nitrogen and oxygen atoms in total. The Hall–Kier alpha value is -2.49. The van der Waals surface area contributed by atoms with Gasteiger partial charge in [-0.2, -0.15) is 0 Å². The molecule has 122 valence electrons. The molecule has 0 aliphatic heterocycles. The minimum atomic E-state index is -0.522. The van der Waals surface area contributed by atoms with Crippen molar-refractivity contribution in [2.75, 3.05) is 7.11 Å². The Morgan fingerprint density at radius 2 is 1.87 bits per heavy atom. The van der Waals surface area contributed by atoms with E-state index in [1.807, 2.05) is 56.3 Å². The first-order valence-electron chi connectivity index (χ1n) is 7.77. The second kappa shape index (κ2) is 8.22. The monoisotopic (exact) mass is 313 g/mol. The van der Waals surface area contributed by atoms with Crippen LogP contribution in [-0.2, 0) is 11.3 Å². The van der Waals surface area contributed by atoms with Gasteiger partial charge in [-0.3, -0.25) is 4.79 Å². The van der Waals surface area contributed by atoms with E-state index < -0.39 is 6.10 Å². The summed E-state index contributed by atoms with van der Waals surface area (Å²) in [6, 6.07) is 15.3. The minimum Gasteiger partial charge on any atom is -0.497 e. The zero-order valence-corrected chi connectivity index (χ0v) is 13.8. The molecule has 0 saturated carbocycles. The molecular formula is C19H23NO3. The summed E-state index contributed by atoms with van der Waals surface area (Å²) < 4.78 is 11.0. The maximum atomic E-state index is 12.4. The molecule has 1 atom stereocenters. The Labute approximate surface area is 137 Å². The number of nitrogens with one attached hydrogen (secondary N) is 1. The lowest BCUT2D eigenvalue weighted by Crippen LogP contribution is -2.37. The number of carbonyl (C=O) groups excluding carboxylic acids is 1. The molecule has 1 amide bonds. The van der Waals surface area contributed by atoms with Gasteiger partial charge in [0.2, 0.25) is 0 Å². The maximum absolute atomic E-state index is 12.4. The fourth-order valence-corrected chi connectivity index (χ4v) is 2.27.